The number of fused-ring (bicyclic) bond motifs is 1. The molecular formula is C30H34F3N3O8. The van der Waals surface area contributed by atoms with Gasteiger partial charge in [-0.2, -0.15) is 13.2 Å². The van der Waals surface area contributed by atoms with Gasteiger partial charge in [0.1, 0.15) is 12.1 Å². The Hall–Kier alpha value is -4.30. The van der Waals surface area contributed by atoms with Gasteiger partial charge in [-0.15, -0.1) is 0 Å². The predicted octanol–water partition coefficient (Wildman–Crippen LogP) is 2.04. The smallest absolute Gasteiger partial charge is 0.475 e. The van der Waals surface area contributed by atoms with Crippen LogP contribution in [0.15, 0.2) is 60.7 Å². The lowest BCUT2D eigenvalue weighted by atomic mass is 9.76. The number of carbonyl (C=O) groups is 5. The monoisotopic (exact) mass is 621 g/mol. The number of imide groups is 1. The van der Waals surface area contributed by atoms with Crippen molar-refractivity contribution in [2.45, 2.75) is 37.6 Å². The van der Waals surface area contributed by atoms with Crippen LogP contribution >= 0.6 is 0 Å². The number of carbonyl (C=O) groups excluding carboxylic acids is 4. The largest absolute Gasteiger partial charge is 0.490 e. The van der Waals surface area contributed by atoms with Crippen LogP contribution < -0.4 is 5.32 Å². The zero-order chi connectivity index (χ0) is 32.7. The summed E-state index contributed by atoms with van der Waals surface area (Å²) in [5.41, 5.74) is 0.170. The third-order valence-corrected chi connectivity index (χ3v) is 7.57. The molecule has 0 saturated carbocycles. The molecule has 0 bridgehead atoms. The number of hydrogen-bond donors (Lipinski definition) is 2. The highest BCUT2D eigenvalue weighted by Gasteiger charge is 2.68. The number of methoxy groups -OCH3 is 2. The fourth-order valence-corrected chi connectivity index (χ4v) is 5.64. The van der Waals surface area contributed by atoms with E-state index in [-0.39, 0.29) is 37.9 Å². The van der Waals surface area contributed by atoms with Gasteiger partial charge in [-0.05, 0) is 18.1 Å². The van der Waals surface area contributed by atoms with E-state index in [1.165, 1.54) is 19.1 Å². The molecule has 2 fully saturated rings. The molecule has 0 radical (unpaired) electrons. The van der Waals surface area contributed by atoms with E-state index in [0.29, 0.717) is 6.54 Å². The van der Waals surface area contributed by atoms with Crippen molar-refractivity contribution in [2.75, 3.05) is 33.9 Å². The number of hydrogen-bond acceptors (Lipinski definition) is 8. The summed E-state index contributed by atoms with van der Waals surface area (Å²) in [4.78, 5) is 65.6. The molecule has 0 unspecified atom stereocenters. The second-order valence-corrected chi connectivity index (χ2v) is 10.3. The van der Waals surface area contributed by atoms with E-state index in [9.17, 15) is 32.3 Å². The Morgan fingerprint density at radius 1 is 0.977 bits per heavy atom. The predicted molar refractivity (Wildman–Crippen MR) is 149 cm³/mol. The zero-order valence-electron chi connectivity index (χ0n) is 24.4. The van der Waals surface area contributed by atoms with Gasteiger partial charge in [-0.1, -0.05) is 60.7 Å². The Labute approximate surface area is 251 Å². The van der Waals surface area contributed by atoms with Gasteiger partial charge in [0.2, 0.25) is 17.7 Å². The standard InChI is InChI=1S/C28H33N3O6.C2HF3O2/c1-4-30(22(32)18-36-2)17-21-23-24(26(34)31(25(23)33)16-20-13-9-6-10-14-20)28(29-21,27(35)37-3)15-19-11-7-5-8-12-19;3-2(4,5)1(6)7/h5-14,21,23-24,29H,4,15-18H2,1-3H3;(H,6,7)/t21-,23+,24-,28-;/m1./s1. The molecule has 4 rings (SSSR count). The minimum absolute atomic E-state index is 0.103. The van der Waals surface area contributed by atoms with Gasteiger partial charge in [0.25, 0.3) is 0 Å². The molecule has 0 spiro atoms. The Kier molecular flexibility index (Phi) is 11.2. The third-order valence-electron chi connectivity index (χ3n) is 7.57. The van der Waals surface area contributed by atoms with Crippen molar-refractivity contribution in [2.24, 2.45) is 11.8 Å². The number of ether oxygens (including phenoxy) is 2. The molecule has 14 heteroatoms. The molecule has 44 heavy (non-hydrogen) atoms. The molecule has 2 aromatic rings. The second kappa shape index (κ2) is 14.4. The van der Waals surface area contributed by atoms with Crippen molar-refractivity contribution in [1.82, 2.24) is 15.1 Å². The van der Waals surface area contributed by atoms with Crippen LogP contribution in [0.5, 0.6) is 0 Å². The summed E-state index contributed by atoms with van der Waals surface area (Å²) in [6, 6.07) is 18.0. The van der Waals surface area contributed by atoms with E-state index >= 15 is 0 Å². The highest BCUT2D eigenvalue weighted by molar-refractivity contribution is 6.09. The van der Waals surface area contributed by atoms with E-state index in [2.05, 4.69) is 5.32 Å². The van der Waals surface area contributed by atoms with Crippen LogP contribution in [0.25, 0.3) is 0 Å². The van der Waals surface area contributed by atoms with Crippen LogP contribution in [0.3, 0.4) is 0 Å². The van der Waals surface area contributed by atoms with E-state index in [1.807, 2.05) is 67.6 Å². The summed E-state index contributed by atoms with van der Waals surface area (Å²) in [6.07, 6.45) is -4.92. The summed E-state index contributed by atoms with van der Waals surface area (Å²) in [6.45, 7) is 2.37. The number of nitrogens with zero attached hydrogens (tertiary/aromatic N) is 2. The first-order chi connectivity index (χ1) is 20.8. The number of carboxylic acids is 1. The number of benzene rings is 2. The van der Waals surface area contributed by atoms with Gasteiger partial charge in [0.05, 0.1) is 25.5 Å². The minimum atomic E-state index is -5.08. The molecule has 2 aliphatic heterocycles. The number of likely N-dealkylation sites (tertiary alicyclic amines) is 1. The molecule has 0 aliphatic carbocycles. The first-order valence-corrected chi connectivity index (χ1v) is 13.7. The average molecular weight is 622 g/mol. The highest BCUT2D eigenvalue weighted by atomic mass is 19.4. The molecule has 2 heterocycles. The molecule has 11 nitrogen and oxygen atoms in total. The molecule has 4 atom stereocenters. The van der Waals surface area contributed by atoms with Crippen LogP contribution in [0.2, 0.25) is 0 Å². The van der Waals surface area contributed by atoms with Crippen molar-refractivity contribution in [3.8, 4) is 0 Å². The topological polar surface area (TPSA) is 143 Å². The van der Waals surface area contributed by atoms with Gasteiger partial charge >= 0.3 is 18.1 Å². The molecule has 0 aromatic heterocycles. The Balaban J connectivity index is 0.000000676. The number of likely N-dealkylation sites (N-methyl/N-ethyl adjacent to an activating group) is 1. The minimum Gasteiger partial charge on any atom is -0.475 e. The maximum atomic E-state index is 13.9. The van der Waals surface area contributed by atoms with E-state index in [1.54, 1.807) is 4.90 Å². The number of aliphatic carboxylic acids is 1. The summed E-state index contributed by atoms with van der Waals surface area (Å²) in [5.74, 6) is -6.18. The maximum absolute atomic E-state index is 13.9. The normalized spacial score (nSPS) is 22.6. The van der Waals surface area contributed by atoms with Gasteiger partial charge in [-0.3, -0.25) is 29.4 Å². The third kappa shape index (κ3) is 7.42. The van der Waals surface area contributed by atoms with Crippen molar-refractivity contribution in [1.29, 1.82) is 0 Å². The number of alkyl halides is 3. The van der Waals surface area contributed by atoms with Crippen molar-refractivity contribution >= 4 is 29.7 Å². The molecule has 2 saturated heterocycles. The summed E-state index contributed by atoms with van der Waals surface area (Å²) >= 11 is 0. The van der Waals surface area contributed by atoms with Gasteiger partial charge in [0.15, 0.2) is 0 Å². The van der Waals surface area contributed by atoms with Gasteiger partial charge < -0.3 is 19.5 Å². The summed E-state index contributed by atoms with van der Waals surface area (Å²) < 4.78 is 42.0. The maximum Gasteiger partial charge on any atom is 0.490 e. The summed E-state index contributed by atoms with van der Waals surface area (Å²) in [5, 5.41) is 10.5. The van der Waals surface area contributed by atoms with E-state index in [4.69, 9.17) is 19.4 Å². The SMILES string of the molecule is CCN(C[C@H]1N[C@@](Cc2ccccc2)(C(=O)OC)[C@H]2C(=O)N(Cc3ccccc3)C(=O)[C@@H]12)C(=O)COC.O=C(O)C(F)(F)F. The lowest BCUT2D eigenvalue weighted by Gasteiger charge is -2.33. The fourth-order valence-electron chi connectivity index (χ4n) is 5.64. The second-order valence-electron chi connectivity index (χ2n) is 10.3. The summed E-state index contributed by atoms with van der Waals surface area (Å²) in [7, 11) is 2.72. The highest BCUT2D eigenvalue weighted by Crippen LogP contribution is 2.45. The van der Waals surface area contributed by atoms with Crippen LogP contribution in [-0.2, 0) is 46.4 Å². The number of nitrogens with one attached hydrogen (secondary N) is 1. The lowest BCUT2D eigenvalue weighted by Crippen LogP contribution is -2.60. The quantitative estimate of drug-likeness (QED) is 0.301. The first-order valence-electron chi connectivity index (χ1n) is 13.7. The molecule has 2 aromatic carbocycles. The molecule has 2 N–H and O–H groups in total. The van der Waals surface area contributed by atoms with Crippen LogP contribution in [0, 0.1) is 11.8 Å². The van der Waals surface area contributed by atoms with Crippen molar-refractivity contribution in [3.63, 3.8) is 0 Å². The van der Waals surface area contributed by atoms with Gasteiger partial charge in [-0.25, -0.2) is 4.79 Å². The van der Waals surface area contributed by atoms with Crippen LogP contribution in [0.1, 0.15) is 18.1 Å². The van der Waals surface area contributed by atoms with Crippen LogP contribution in [0.4, 0.5) is 13.2 Å². The number of carboxylic acid groups (broad SMARTS) is 1. The lowest BCUT2D eigenvalue weighted by molar-refractivity contribution is -0.192. The zero-order valence-corrected chi connectivity index (χ0v) is 24.4. The molecule has 3 amide bonds. The number of esters is 1. The fraction of sp³-hybridized carbons (Fsp3) is 0.433. The first kappa shape index (κ1) is 34.2. The number of halogens is 3. The van der Waals surface area contributed by atoms with Crippen molar-refractivity contribution in [3.05, 3.63) is 71.8 Å². The molecule has 2 aliphatic rings. The van der Waals surface area contributed by atoms with Gasteiger partial charge in [0, 0.05) is 32.7 Å². The Bertz CT molecular complexity index is 1340. The van der Waals surface area contributed by atoms with E-state index < -0.39 is 47.4 Å². The average Bonchev–Trinajstić information content (AvgIpc) is 3.45. The molecular weight excluding hydrogens is 587 g/mol. The Morgan fingerprint density at radius 3 is 2.00 bits per heavy atom. The number of rotatable bonds is 10. The van der Waals surface area contributed by atoms with Crippen LogP contribution in [-0.4, -0.2) is 96.2 Å². The van der Waals surface area contributed by atoms with E-state index in [0.717, 1.165) is 11.1 Å². The van der Waals surface area contributed by atoms with Crippen molar-refractivity contribution < 1.29 is 51.7 Å². The molecule has 238 valence electrons. The Morgan fingerprint density at radius 2 is 1.52 bits per heavy atom. The number of amides is 3.